The van der Waals surface area contributed by atoms with Crippen LogP contribution in [0, 0.1) is 0 Å². The molecule has 0 aliphatic carbocycles. The average Bonchev–Trinajstić information content (AvgIpc) is 3.26. The summed E-state index contributed by atoms with van der Waals surface area (Å²) >= 11 is 5.93. The van der Waals surface area contributed by atoms with Crippen molar-refractivity contribution in [1.82, 2.24) is 15.5 Å². The molecule has 2 N–H and O–H groups in total. The van der Waals surface area contributed by atoms with Gasteiger partial charge in [-0.2, -0.15) is 0 Å². The molecule has 3 rings (SSSR count). The average molecular weight is 428 g/mol. The molecule has 0 bridgehead atoms. The van der Waals surface area contributed by atoms with E-state index in [1.807, 2.05) is 23.1 Å². The second-order valence-corrected chi connectivity index (χ2v) is 7.92. The molecule has 2 aromatic carbocycles. The van der Waals surface area contributed by atoms with Crippen LogP contribution in [-0.4, -0.2) is 35.7 Å². The van der Waals surface area contributed by atoms with Gasteiger partial charge >= 0.3 is 0 Å². The number of carbonyl (C=O) groups excluding carboxylic acids is 3. The van der Waals surface area contributed by atoms with Gasteiger partial charge in [-0.3, -0.25) is 14.4 Å². The lowest BCUT2D eigenvalue weighted by molar-refractivity contribution is -0.122. The minimum absolute atomic E-state index is 0.0362. The first-order valence-corrected chi connectivity index (χ1v) is 10.5. The molecule has 1 fully saturated rings. The summed E-state index contributed by atoms with van der Waals surface area (Å²) in [6.45, 7) is 3.33. The van der Waals surface area contributed by atoms with E-state index in [-0.39, 0.29) is 24.1 Å². The largest absolute Gasteiger partial charge is 0.352 e. The van der Waals surface area contributed by atoms with Gasteiger partial charge in [-0.1, -0.05) is 35.9 Å². The van der Waals surface area contributed by atoms with Crippen molar-refractivity contribution in [2.24, 2.45) is 0 Å². The first-order chi connectivity index (χ1) is 14.4. The molecule has 1 atom stereocenters. The molecule has 2 aromatic rings. The highest BCUT2D eigenvalue weighted by atomic mass is 35.5. The van der Waals surface area contributed by atoms with Crippen LogP contribution < -0.4 is 10.6 Å². The molecule has 0 saturated carbocycles. The summed E-state index contributed by atoms with van der Waals surface area (Å²) in [5, 5.41) is 6.28. The summed E-state index contributed by atoms with van der Waals surface area (Å²) in [5.41, 5.74) is 2.31. The molecule has 1 aliphatic heterocycles. The molecule has 1 unspecified atom stereocenters. The van der Waals surface area contributed by atoms with Crippen LogP contribution in [0.15, 0.2) is 48.5 Å². The minimum atomic E-state index is -0.442. The molecule has 1 heterocycles. The van der Waals surface area contributed by atoms with Gasteiger partial charge < -0.3 is 15.5 Å². The van der Waals surface area contributed by atoms with Gasteiger partial charge in [0.25, 0.3) is 5.91 Å². The van der Waals surface area contributed by atoms with Gasteiger partial charge in [0.05, 0.1) is 12.5 Å². The third kappa shape index (κ3) is 6.07. The maximum Gasteiger partial charge on any atom is 0.253 e. The predicted molar refractivity (Wildman–Crippen MR) is 116 cm³/mol. The number of likely N-dealkylation sites (tertiary alicyclic amines) is 1. The van der Waals surface area contributed by atoms with Gasteiger partial charge in [-0.15, -0.1) is 0 Å². The van der Waals surface area contributed by atoms with Crippen LogP contribution >= 0.6 is 11.6 Å². The fourth-order valence-electron chi connectivity index (χ4n) is 3.57. The monoisotopic (exact) mass is 427 g/mol. The first kappa shape index (κ1) is 21.8. The summed E-state index contributed by atoms with van der Waals surface area (Å²) in [6.07, 6.45) is 2.20. The van der Waals surface area contributed by atoms with Crippen LogP contribution in [-0.2, 0) is 16.1 Å². The van der Waals surface area contributed by atoms with Crippen LogP contribution in [0.5, 0.6) is 0 Å². The lowest BCUT2D eigenvalue weighted by Crippen LogP contribution is -2.32. The second-order valence-electron chi connectivity index (χ2n) is 7.49. The van der Waals surface area contributed by atoms with E-state index < -0.39 is 6.04 Å². The summed E-state index contributed by atoms with van der Waals surface area (Å²) in [5.74, 6) is -0.370. The van der Waals surface area contributed by atoms with E-state index in [0.29, 0.717) is 17.1 Å². The Kier molecular flexibility index (Phi) is 7.46. The molecular weight excluding hydrogens is 402 g/mol. The van der Waals surface area contributed by atoms with Crippen molar-refractivity contribution in [2.75, 3.05) is 13.1 Å². The molecule has 0 spiro atoms. The quantitative estimate of drug-likeness (QED) is 0.710. The zero-order valence-electron chi connectivity index (χ0n) is 17.0. The summed E-state index contributed by atoms with van der Waals surface area (Å²) in [4.78, 5) is 38.5. The van der Waals surface area contributed by atoms with Crippen LogP contribution in [0.2, 0.25) is 5.02 Å². The van der Waals surface area contributed by atoms with Crippen LogP contribution in [0.4, 0.5) is 0 Å². The zero-order chi connectivity index (χ0) is 21.5. The number of rotatable bonds is 7. The number of nitrogens with zero attached hydrogens (tertiary/aromatic N) is 1. The van der Waals surface area contributed by atoms with Crippen molar-refractivity contribution in [1.29, 1.82) is 0 Å². The topological polar surface area (TPSA) is 78.5 Å². The number of hydrogen-bond acceptors (Lipinski definition) is 3. The second kappa shape index (κ2) is 10.3. The normalized spacial score (nSPS) is 14.3. The zero-order valence-corrected chi connectivity index (χ0v) is 17.7. The molecule has 0 radical (unpaired) electrons. The Morgan fingerprint density at radius 1 is 1.07 bits per heavy atom. The highest BCUT2D eigenvalue weighted by molar-refractivity contribution is 6.30. The third-order valence-electron chi connectivity index (χ3n) is 5.10. The van der Waals surface area contributed by atoms with Crippen LogP contribution in [0.25, 0.3) is 0 Å². The Hall–Kier alpha value is -2.86. The van der Waals surface area contributed by atoms with E-state index in [2.05, 4.69) is 10.6 Å². The number of carbonyl (C=O) groups is 3. The Morgan fingerprint density at radius 3 is 2.43 bits per heavy atom. The highest BCUT2D eigenvalue weighted by Crippen LogP contribution is 2.20. The number of amides is 3. The maximum absolute atomic E-state index is 12.6. The molecule has 7 heteroatoms. The minimum Gasteiger partial charge on any atom is -0.352 e. The Bertz CT molecular complexity index is 908. The van der Waals surface area contributed by atoms with E-state index in [1.54, 1.807) is 30.3 Å². The third-order valence-corrected chi connectivity index (χ3v) is 5.35. The van der Waals surface area contributed by atoms with Gasteiger partial charge in [0.1, 0.15) is 0 Å². The van der Waals surface area contributed by atoms with E-state index in [1.165, 1.54) is 6.92 Å². The molecule has 158 valence electrons. The van der Waals surface area contributed by atoms with Gasteiger partial charge in [0.15, 0.2) is 0 Å². The number of halogens is 1. The molecule has 1 saturated heterocycles. The standard InChI is InChI=1S/C23H26ClN3O3/c1-16(28)26-21(18-7-9-20(24)10-8-18)14-22(29)25-15-17-5-4-6-19(13-17)23(30)27-11-2-3-12-27/h4-10,13,21H,2-3,11-12,14-15H2,1H3,(H,25,29)(H,26,28). The van der Waals surface area contributed by atoms with E-state index in [9.17, 15) is 14.4 Å². The van der Waals surface area contributed by atoms with Crippen LogP contribution in [0.1, 0.15) is 53.7 Å². The smallest absolute Gasteiger partial charge is 0.253 e. The Morgan fingerprint density at radius 2 is 1.77 bits per heavy atom. The van der Waals surface area contributed by atoms with Crippen molar-refractivity contribution in [2.45, 2.75) is 38.8 Å². The Balaban J connectivity index is 1.59. The molecule has 3 amide bonds. The van der Waals surface area contributed by atoms with Crippen molar-refractivity contribution in [3.05, 3.63) is 70.2 Å². The summed E-state index contributed by atoms with van der Waals surface area (Å²) < 4.78 is 0. The first-order valence-electron chi connectivity index (χ1n) is 10.1. The van der Waals surface area contributed by atoms with Crippen molar-refractivity contribution < 1.29 is 14.4 Å². The van der Waals surface area contributed by atoms with Crippen molar-refractivity contribution >= 4 is 29.3 Å². The van der Waals surface area contributed by atoms with Crippen molar-refractivity contribution in [3.63, 3.8) is 0 Å². The van der Waals surface area contributed by atoms with E-state index in [4.69, 9.17) is 11.6 Å². The van der Waals surface area contributed by atoms with E-state index in [0.717, 1.165) is 37.1 Å². The molecule has 6 nitrogen and oxygen atoms in total. The van der Waals surface area contributed by atoms with Gasteiger partial charge in [0.2, 0.25) is 11.8 Å². The van der Waals surface area contributed by atoms with Gasteiger partial charge in [0, 0.05) is 37.1 Å². The predicted octanol–water partition coefficient (Wildman–Crippen LogP) is 3.46. The fraction of sp³-hybridized carbons (Fsp3) is 0.348. The summed E-state index contributed by atoms with van der Waals surface area (Å²) in [7, 11) is 0. The van der Waals surface area contributed by atoms with Crippen LogP contribution in [0.3, 0.4) is 0 Å². The highest BCUT2D eigenvalue weighted by Gasteiger charge is 2.20. The molecular formula is C23H26ClN3O3. The number of hydrogen-bond donors (Lipinski definition) is 2. The van der Waals surface area contributed by atoms with E-state index >= 15 is 0 Å². The van der Waals surface area contributed by atoms with Gasteiger partial charge in [-0.05, 0) is 48.2 Å². The number of benzene rings is 2. The summed E-state index contributed by atoms with van der Waals surface area (Å²) in [6, 6.07) is 13.9. The lowest BCUT2D eigenvalue weighted by Gasteiger charge is -2.18. The maximum atomic E-state index is 12.6. The number of nitrogens with one attached hydrogen (secondary N) is 2. The molecule has 30 heavy (non-hydrogen) atoms. The SMILES string of the molecule is CC(=O)NC(CC(=O)NCc1cccc(C(=O)N2CCCC2)c1)c1ccc(Cl)cc1. The Labute approximate surface area is 181 Å². The molecule has 0 aromatic heterocycles. The van der Waals surface area contributed by atoms with Crippen molar-refractivity contribution in [3.8, 4) is 0 Å². The van der Waals surface area contributed by atoms with Gasteiger partial charge in [-0.25, -0.2) is 0 Å². The molecule has 1 aliphatic rings. The lowest BCUT2D eigenvalue weighted by atomic mass is 10.0. The fourth-order valence-corrected chi connectivity index (χ4v) is 3.69.